The minimum Gasteiger partial charge on any atom is -0.496 e. The fraction of sp³-hybridized carbons (Fsp3) is 0.261. The van der Waals surface area contributed by atoms with Crippen molar-refractivity contribution in [1.82, 2.24) is 0 Å². The fourth-order valence-corrected chi connectivity index (χ4v) is 2.81. The van der Waals surface area contributed by atoms with Crippen LogP contribution in [0.4, 0.5) is 5.69 Å². The summed E-state index contributed by atoms with van der Waals surface area (Å²) in [6.45, 7) is 8.04. The van der Waals surface area contributed by atoms with Crippen LogP contribution in [0.2, 0.25) is 0 Å². The minimum absolute atomic E-state index is 0.0878. The number of rotatable bonds is 8. The second kappa shape index (κ2) is 8.58. The number of carbonyl (C=O) groups excluding carboxylic acids is 1. The van der Waals surface area contributed by atoms with E-state index in [9.17, 15) is 4.79 Å². The lowest BCUT2D eigenvalue weighted by Crippen LogP contribution is -2.15. The standard InChI is InChI=1S/C23H27NO3/c1-7-23(2,3)19-13-15-21(26-5)18(22(19)27-6)12-14-20(25)16-8-10-17(24-4)11-9-16/h7-15,24H,1H2,2-6H3/b14-12+. The molecular weight excluding hydrogens is 338 g/mol. The predicted octanol–water partition coefficient (Wildman–Crippen LogP) is 5.11. The van der Waals surface area contributed by atoms with Crippen LogP contribution in [0.3, 0.4) is 0 Å². The molecule has 0 radical (unpaired) electrons. The van der Waals surface area contributed by atoms with Gasteiger partial charge in [0, 0.05) is 29.3 Å². The first-order valence-electron chi connectivity index (χ1n) is 8.77. The highest BCUT2D eigenvalue weighted by atomic mass is 16.5. The Morgan fingerprint density at radius 2 is 1.74 bits per heavy atom. The molecule has 0 amide bonds. The average Bonchev–Trinajstić information content (AvgIpc) is 2.70. The Hall–Kier alpha value is -3.01. The lowest BCUT2D eigenvalue weighted by molar-refractivity contribution is 0.104. The normalized spacial score (nSPS) is 11.3. The predicted molar refractivity (Wildman–Crippen MR) is 112 cm³/mol. The van der Waals surface area contributed by atoms with E-state index < -0.39 is 0 Å². The number of hydrogen-bond acceptors (Lipinski definition) is 4. The van der Waals surface area contributed by atoms with Gasteiger partial charge in [-0.2, -0.15) is 0 Å². The van der Waals surface area contributed by atoms with Crippen LogP contribution in [-0.2, 0) is 5.41 Å². The van der Waals surface area contributed by atoms with Crippen molar-refractivity contribution in [3.8, 4) is 11.5 Å². The monoisotopic (exact) mass is 365 g/mol. The van der Waals surface area contributed by atoms with Gasteiger partial charge in [-0.15, -0.1) is 6.58 Å². The third-order valence-corrected chi connectivity index (χ3v) is 4.64. The molecule has 0 aliphatic carbocycles. The number of carbonyl (C=O) groups is 1. The maximum atomic E-state index is 12.5. The van der Waals surface area contributed by atoms with Crippen LogP contribution in [-0.4, -0.2) is 27.1 Å². The van der Waals surface area contributed by atoms with Crippen LogP contribution in [0, 0.1) is 0 Å². The molecule has 2 aromatic rings. The van der Waals surface area contributed by atoms with E-state index >= 15 is 0 Å². The molecule has 0 aromatic heterocycles. The molecule has 0 unspecified atom stereocenters. The SMILES string of the molecule is C=CC(C)(C)c1ccc(OC)c(/C=C/C(=O)c2ccc(NC)cc2)c1OC. The molecule has 4 nitrogen and oxygen atoms in total. The Balaban J connectivity index is 2.46. The second-order valence-electron chi connectivity index (χ2n) is 6.71. The van der Waals surface area contributed by atoms with Crippen molar-refractivity contribution < 1.29 is 14.3 Å². The fourth-order valence-electron chi connectivity index (χ4n) is 2.81. The van der Waals surface area contributed by atoms with Crippen molar-refractivity contribution in [2.75, 3.05) is 26.6 Å². The topological polar surface area (TPSA) is 47.6 Å². The van der Waals surface area contributed by atoms with Gasteiger partial charge in [0.05, 0.1) is 19.8 Å². The third kappa shape index (κ3) is 4.40. The van der Waals surface area contributed by atoms with E-state index in [1.54, 1.807) is 38.5 Å². The number of ketones is 1. The van der Waals surface area contributed by atoms with Gasteiger partial charge in [0.2, 0.25) is 0 Å². The van der Waals surface area contributed by atoms with Gasteiger partial charge in [-0.25, -0.2) is 0 Å². The van der Waals surface area contributed by atoms with Crippen molar-refractivity contribution in [3.63, 3.8) is 0 Å². The molecule has 4 heteroatoms. The Kier molecular flexibility index (Phi) is 6.45. The zero-order valence-corrected chi connectivity index (χ0v) is 16.6. The molecule has 142 valence electrons. The largest absolute Gasteiger partial charge is 0.496 e. The summed E-state index contributed by atoms with van der Waals surface area (Å²) in [5.74, 6) is 1.23. The molecule has 0 aliphatic heterocycles. The molecular formula is C23H27NO3. The second-order valence-corrected chi connectivity index (χ2v) is 6.71. The summed E-state index contributed by atoms with van der Waals surface area (Å²) in [6, 6.07) is 11.2. The lowest BCUT2D eigenvalue weighted by Gasteiger charge is -2.25. The van der Waals surface area contributed by atoms with Crippen LogP contribution in [0.5, 0.6) is 11.5 Å². The van der Waals surface area contributed by atoms with E-state index in [0.29, 0.717) is 17.1 Å². The van der Waals surface area contributed by atoms with E-state index in [1.165, 1.54) is 0 Å². The van der Waals surface area contributed by atoms with Crippen molar-refractivity contribution in [1.29, 1.82) is 0 Å². The van der Waals surface area contributed by atoms with E-state index in [-0.39, 0.29) is 11.2 Å². The van der Waals surface area contributed by atoms with Gasteiger partial charge in [-0.3, -0.25) is 4.79 Å². The van der Waals surface area contributed by atoms with Gasteiger partial charge in [0.1, 0.15) is 11.5 Å². The minimum atomic E-state index is -0.285. The number of anilines is 1. The molecule has 27 heavy (non-hydrogen) atoms. The summed E-state index contributed by atoms with van der Waals surface area (Å²) in [6.07, 6.45) is 5.16. The molecule has 0 fully saturated rings. The summed E-state index contributed by atoms with van der Waals surface area (Å²) in [5, 5.41) is 3.04. The van der Waals surface area contributed by atoms with Gasteiger partial charge in [0.15, 0.2) is 5.78 Å². The summed E-state index contributed by atoms with van der Waals surface area (Å²) in [5.41, 5.74) is 3.00. The summed E-state index contributed by atoms with van der Waals surface area (Å²) in [4.78, 5) is 12.5. The van der Waals surface area contributed by atoms with Gasteiger partial charge >= 0.3 is 0 Å². The maximum absolute atomic E-state index is 12.5. The van der Waals surface area contributed by atoms with E-state index in [0.717, 1.165) is 16.8 Å². The van der Waals surface area contributed by atoms with Gasteiger partial charge in [0.25, 0.3) is 0 Å². The van der Waals surface area contributed by atoms with Crippen LogP contribution < -0.4 is 14.8 Å². The van der Waals surface area contributed by atoms with Crippen LogP contribution in [0.25, 0.3) is 6.08 Å². The van der Waals surface area contributed by atoms with Gasteiger partial charge in [-0.05, 0) is 42.5 Å². The first-order valence-corrected chi connectivity index (χ1v) is 8.77. The van der Waals surface area contributed by atoms with E-state index in [4.69, 9.17) is 9.47 Å². The smallest absolute Gasteiger partial charge is 0.185 e. The molecule has 0 heterocycles. The lowest BCUT2D eigenvalue weighted by atomic mass is 9.83. The first kappa shape index (κ1) is 20.3. The molecule has 0 saturated carbocycles. The number of allylic oxidation sites excluding steroid dienone is 2. The highest BCUT2D eigenvalue weighted by Gasteiger charge is 2.24. The zero-order valence-electron chi connectivity index (χ0n) is 16.6. The van der Waals surface area contributed by atoms with Crippen molar-refractivity contribution >= 4 is 17.5 Å². The Labute approximate surface area is 161 Å². The number of hydrogen-bond donors (Lipinski definition) is 1. The number of ether oxygens (including phenoxy) is 2. The molecule has 0 spiro atoms. The molecule has 0 bridgehead atoms. The Bertz CT molecular complexity index is 849. The molecule has 0 saturated heterocycles. The highest BCUT2D eigenvalue weighted by molar-refractivity contribution is 6.07. The zero-order chi connectivity index (χ0) is 20.0. The molecule has 2 aromatic carbocycles. The first-order chi connectivity index (χ1) is 12.9. The van der Waals surface area contributed by atoms with E-state index in [2.05, 4.69) is 25.7 Å². The summed E-state index contributed by atoms with van der Waals surface area (Å²) >= 11 is 0. The molecule has 0 atom stereocenters. The van der Waals surface area contributed by atoms with Crippen LogP contribution >= 0.6 is 0 Å². The highest BCUT2D eigenvalue weighted by Crippen LogP contribution is 2.40. The third-order valence-electron chi connectivity index (χ3n) is 4.64. The summed E-state index contributed by atoms with van der Waals surface area (Å²) < 4.78 is 11.2. The maximum Gasteiger partial charge on any atom is 0.185 e. The molecule has 1 N–H and O–H groups in total. The average molecular weight is 365 g/mol. The van der Waals surface area contributed by atoms with Gasteiger partial charge < -0.3 is 14.8 Å². The van der Waals surface area contributed by atoms with Crippen molar-refractivity contribution in [2.24, 2.45) is 0 Å². The quantitative estimate of drug-likeness (QED) is 0.401. The van der Waals surface area contributed by atoms with E-state index in [1.807, 2.05) is 37.4 Å². The van der Waals surface area contributed by atoms with Gasteiger partial charge in [-0.1, -0.05) is 26.0 Å². The number of nitrogens with one attached hydrogen (secondary N) is 1. The van der Waals surface area contributed by atoms with Crippen LogP contribution in [0.15, 0.2) is 55.1 Å². The number of benzene rings is 2. The Morgan fingerprint density at radius 1 is 1.07 bits per heavy atom. The summed E-state index contributed by atoms with van der Waals surface area (Å²) in [7, 11) is 5.06. The van der Waals surface area contributed by atoms with Crippen LogP contribution in [0.1, 0.15) is 35.3 Å². The van der Waals surface area contributed by atoms with Crippen molar-refractivity contribution in [2.45, 2.75) is 19.3 Å². The van der Waals surface area contributed by atoms with Crippen molar-refractivity contribution in [3.05, 3.63) is 71.8 Å². The molecule has 0 aliphatic rings. The molecule has 2 rings (SSSR count). The number of methoxy groups -OCH3 is 2. The Morgan fingerprint density at radius 3 is 2.26 bits per heavy atom.